The van der Waals surface area contributed by atoms with Gasteiger partial charge in [0.1, 0.15) is 12.1 Å². The molecule has 26 heavy (non-hydrogen) atoms. The third kappa shape index (κ3) is 3.84. The summed E-state index contributed by atoms with van der Waals surface area (Å²) < 4.78 is 6.98. The van der Waals surface area contributed by atoms with Crippen LogP contribution in [0.2, 0.25) is 0 Å². The second-order valence-corrected chi connectivity index (χ2v) is 7.21. The van der Waals surface area contributed by atoms with Gasteiger partial charge in [0.25, 0.3) is 0 Å². The first-order valence-corrected chi connectivity index (χ1v) is 8.43. The summed E-state index contributed by atoms with van der Waals surface area (Å²) in [6, 6.07) is 3.64. The highest BCUT2D eigenvalue weighted by Gasteiger charge is 2.30. The Morgan fingerprint density at radius 1 is 1.27 bits per heavy atom. The fraction of sp³-hybridized carbons (Fsp3) is 0.444. The molecule has 2 aromatic rings. The van der Waals surface area contributed by atoms with E-state index in [2.05, 4.69) is 10.1 Å². The summed E-state index contributed by atoms with van der Waals surface area (Å²) in [5.74, 6) is -0.953. The van der Waals surface area contributed by atoms with E-state index in [1.807, 2.05) is 32.9 Å². The lowest BCUT2D eigenvalue weighted by Crippen LogP contribution is -2.40. The number of carboxylic acids is 1. The number of amides is 1. The molecule has 8 heteroatoms. The van der Waals surface area contributed by atoms with E-state index in [4.69, 9.17) is 9.84 Å². The molecule has 1 N–H and O–H groups in total. The summed E-state index contributed by atoms with van der Waals surface area (Å²) in [5.41, 5.74) is 2.65. The van der Waals surface area contributed by atoms with Crippen LogP contribution < -0.4 is 0 Å². The monoisotopic (exact) mass is 358 g/mol. The van der Waals surface area contributed by atoms with Crippen LogP contribution in [0.4, 0.5) is 4.79 Å². The van der Waals surface area contributed by atoms with Crippen molar-refractivity contribution in [2.75, 3.05) is 6.54 Å². The second-order valence-electron chi connectivity index (χ2n) is 7.21. The number of carboxylic acid groups (broad SMARTS) is 1. The van der Waals surface area contributed by atoms with Crippen LogP contribution in [0, 0.1) is 0 Å². The molecule has 0 aromatic carbocycles. The Kier molecular flexibility index (Phi) is 4.67. The van der Waals surface area contributed by atoms with Crippen LogP contribution in [0.1, 0.15) is 32.0 Å². The maximum Gasteiger partial charge on any atom is 0.410 e. The van der Waals surface area contributed by atoms with Crippen LogP contribution >= 0.6 is 0 Å². The number of carbonyl (C=O) groups excluding carboxylic acids is 1. The van der Waals surface area contributed by atoms with Crippen molar-refractivity contribution in [3.8, 4) is 11.3 Å². The highest BCUT2D eigenvalue weighted by atomic mass is 16.6. The highest BCUT2D eigenvalue weighted by Crippen LogP contribution is 2.30. The first-order valence-electron chi connectivity index (χ1n) is 8.43. The Balaban J connectivity index is 1.96. The SMILES string of the molecule is CC(C)(C)OC(=O)N1CCc2c(c(-c3ccncc3)nn2CC(=O)O)C1. The molecule has 0 aliphatic carbocycles. The van der Waals surface area contributed by atoms with Crippen molar-refractivity contribution in [1.29, 1.82) is 0 Å². The first kappa shape index (κ1) is 17.9. The molecule has 0 unspecified atom stereocenters. The number of fused-ring (bicyclic) bond motifs is 1. The molecule has 0 spiro atoms. The first-order chi connectivity index (χ1) is 12.2. The minimum atomic E-state index is -0.953. The lowest BCUT2D eigenvalue weighted by Gasteiger charge is -2.30. The van der Waals surface area contributed by atoms with Gasteiger partial charge in [0, 0.05) is 42.2 Å². The molecule has 1 aliphatic rings. The zero-order valence-corrected chi connectivity index (χ0v) is 15.1. The van der Waals surface area contributed by atoms with E-state index >= 15 is 0 Å². The van der Waals surface area contributed by atoms with Crippen LogP contribution in [0.15, 0.2) is 24.5 Å². The molecule has 8 nitrogen and oxygen atoms in total. The highest BCUT2D eigenvalue weighted by molar-refractivity contribution is 5.71. The fourth-order valence-corrected chi connectivity index (χ4v) is 2.97. The summed E-state index contributed by atoms with van der Waals surface area (Å²) in [4.78, 5) is 29.2. The van der Waals surface area contributed by atoms with E-state index in [1.54, 1.807) is 17.3 Å². The summed E-state index contributed by atoms with van der Waals surface area (Å²) in [6.45, 7) is 6.07. The largest absolute Gasteiger partial charge is 0.480 e. The van der Waals surface area contributed by atoms with E-state index in [9.17, 15) is 9.59 Å². The average Bonchev–Trinajstić information content (AvgIpc) is 2.91. The number of ether oxygens (including phenoxy) is 1. The van der Waals surface area contributed by atoms with E-state index < -0.39 is 11.6 Å². The fourth-order valence-electron chi connectivity index (χ4n) is 2.97. The zero-order valence-electron chi connectivity index (χ0n) is 15.1. The van der Waals surface area contributed by atoms with Gasteiger partial charge in [-0.1, -0.05) is 0 Å². The maximum absolute atomic E-state index is 12.4. The van der Waals surface area contributed by atoms with Gasteiger partial charge in [0.2, 0.25) is 0 Å². The number of aliphatic carboxylic acids is 1. The molecule has 1 amide bonds. The molecule has 1 aliphatic heterocycles. The molecule has 138 valence electrons. The number of pyridine rings is 1. The topological polar surface area (TPSA) is 97.5 Å². The normalized spacial score (nSPS) is 14.0. The predicted octanol–water partition coefficient (Wildman–Crippen LogP) is 2.32. The van der Waals surface area contributed by atoms with Gasteiger partial charge in [-0.25, -0.2) is 4.79 Å². The van der Waals surface area contributed by atoms with Crippen LogP contribution in [0.3, 0.4) is 0 Å². The summed E-state index contributed by atoms with van der Waals surface area (Å²) in [6.07, 6.45) is 3.47. The number of nitrogens with zero attached hydrogens (tertiary/aromatic N) is 4. The Labute approximate surface area is 151 Å². The van der Waals surface area contributed by atoms with Crippen LogP contribution in [-0.4, -0.2) is 49.0 Å². The van der Waals surface area contributed by atoms with E-state index in [0.717, 1.165) is 16.8 Å². The molecular formula is C18H22N4O4. The molecule has 0 saturated heterocycles. The average molecular weight is 358 g/mol. The molecule has 0 saturated carbocycles. The second kappa shape index (κ2) is 6.78. The lowest BCUT2D eigenvalue weighted by molar-refractivity contribution is -0.137. The van der Waals surface area contributed by atoms with E-state index in [0.29, 0.717) is 25.2 Å². The summed E-state index contributed by atoms with van der Waals surface area (Å²) in [5, 5.41) is 13.7. The number of carbonyl (C=O) groups is 2. The van der Waals surface area contributed by atoms with Crippen molar-refractivity contribution in [3.63, 3.8) is 0 Å². The standard InChI is InChI=1S/C18H22N4O4/c1-18(2,3)26-17(25)21-9-6-14-13(10-21)16(12-4-7-19-8-5-12)20-22(14)11-15(23)24/h4-5,7-8H,6,9-11H2,1-3H3,(H,23,24). The van der Waals surface area contributed by atoms with Gasteiger partial charge < -0.3 is 14.7 Å². The molecular weight excluding hydrogens is 336 g/mol. The van der Waals surface area contributed by atoms with Crippen LogP contribution in [0.25, 0.3) is 11.3 Å². The van der Waals surface area contributed by atoms with Gasteiger partial charge in [0.05, 0.1) is 12.2 Å². The summed E-state index contributed by atoms with van der Waals surface area (Å²) in [7, 11) is 0. The van der Waals surface area contributed by atoms with Crippen molar-refractivity contribution in [1.82, 2.24) is 19.7 Å². The van der Waals surface area contributed by atoms with Crippen molar-refractivity contribution in [2.45, 2.75) is 45.9 Å². The predicted molar refractivity (Wildman–Crippen MR) is 93.4 cm³/mol. The lowest BCUT2D eigenvalue weighted by atomic mass is 10.0. The Bertz CT molecular complexity index is 824. The molecule has 0 radical (unpaired) electrons. The summed E-state index contributed by atoms with van der Waals surface area (Å²) >= 11 is 0. The molecule has 0 bridgehead atoms. The Morgan fingerprint density at radius 2 is 1.96 bits per heavy atom. The Hall–Kier alpha value is -2.90. The van der Waals surface area contributed by atoms with Gasteiger partial charge in [-0.2, -0.15) is 5.10 Å². The van der Waals surface area contributed by atoms with Gasteiger partial charge in [-0.3, -0.25) is 14.5 Å². The third-order valence-electron chi connectivity index (χ3n) is 4.02. The van der Waals surface area contributed by atoms with Crippen LogP contribution in [-0.2, 0) is 29.0 Å². The van der Waals surface area contributed by atoms with Crippen LogP contribution in [0.5, 0.6) is 0 Å². The Morgan fingerprint density at radius 3 is 2.58 bits per heavy atom. The number of hydrogen-bond acceptors (Lipinski definition) is 5. The minimum absolute atomic E-state index is 0.208. The molecule has 3 rings (SSSR count). The molecule has 0 atom stereocenters. The van der Waals surface area contributed by atoms with Crippen molar-refractivity contribution >= 4 is 12.1 Å². The molecule has 2 aromatic heterocycles. The van der Waals surface area contributed by atoms with Gasteiger partial charge in [0.15, 0.2) is 0 Å². The van der Waals surface area contributed by atoms with Gasteiger partial charge in [-0.05, 0) is 32.9 Å². The number of aromatic nitrogens is 3. The van der Waals surface area contributed by atoms with E-state index in [1.165, 1.54) is 4.68 Å². The van der Waals surface area contributed by atoms with Gasteiger partial charge in [-0.15, -0.1) is 0 Å². The quantitative estimate of drug-likeness (QED) is 0.904. The molecule has 0 fully saturated rings. The zero-order chi connectivity index (χ0) is 18.9. The molecule has 3 heterocycles. The van der Waals surface area contributed by atoms with Crippen molar-refractivity contribution in [3.05, 3.63) is 35.8 Å². The van der Waals surface area contributed by atoms with Gasteiger partial charge >= 0.3 is 12.1 Å². The van der Waals surface area contributed by atoms with Crippen molar-refractivity contribution in [2.24, 2.45) is 0 Å². The third-order valence-corrected chi connectivity index (χ3v) is 4.02. The number of rotatable bonds is 3. The van der Waals surface area contributed by atoms with Crippen molar-refractivity contribution < 1.29 is 19.4 Å². The smallest absolute Gasteiger partial charge is 0.410 e. The maximum atomic E-state index is 12.4. The van der Waals surface area contributed by atoms with E-state index in [-0.39, 0.29) is 12.6 Å². The number of hydrogen-bond donors (Lipinski definition) is 1. The minimum Gasteiger partial charge on any atom is -0.480 e.